The highest BCUT2D eigenvalue weighted by atomic mass is 79.9. The van der Waals surface area contributed by atoms with Crippen LogP contribution in [0.3, 0.4) is 0 Å². The molecule has 84 valence electrons. The highest BCUT2D eigenvalue weighted by molar-refractivity contribution is 9.09. The molecule has 1 rings (SSSR count). The van der Waals surface area contributed by atoms with E-state index >= 15 is 0 Å². The Morgan fingerprint density at radius 3 is 2.80 bits per heavy atom. The molecule has 0 saturated carbocycles. The lowest BCUT2D eigenvalue weighted by Gasteiger charge is -2.20. The third kappa shape index (κ3) is 3.06. The second-order valence-corrected chi connectivity index (χ2v) is 4.16. The second-order valence-electron chi connectivity index (χ2n) is 3.37. The number of amides is 1. The molecule has 1 aromatic rings. The summed E-state index contributed by atoms with van der Waals surface area (Å²) >= 11 is 3.35. The summed E-state index contributed by atoms with van der Waals surface area (Å²) in [5.41, 5.74) is 0.643. The number of imidazole rings is 1. The van der Waals surface area contributed by atoms with E-state index in [2.05, 4.69) is 27.8 Å². The molecular weight excluding hydrogens is 258 g/mol. The van der Waals surface area contributed by atoms with Gasteiger partial charge in [-0.1, -0.05) is 22.9 Å². The molecule has 0 saturated heterocycles. The van der Waals surface area contributed by atoms with Crippen LogP contribution >= 0.6 is 15.9 Å². The first-order valence-corrected chi connectivity index (χ1v) is 6.14. The molecule has 0 spiro atoms. The highest BCUT2D eigenvalue weighted by Crippen LogP contribution is 2.04. The fourth-order valence-electron chi connectivity index (χ4n) is 1.41. The third-order valence-corrected chi connectivity index (χ3v) is 2.53. The van der Waals surface area contributed by atoms with E-state index in [-0.39, 0.29) is 5.91 Å². The van der Waals surface area contributed by atoms with Gasteiger partial charge in [0.2, 0.25) is 0 Å². The van der Waals surface area contributed by atoms with E-state index in [1.165, 1.54) is 0 Å². The maximum atomic E-state index is 12.1. The quantitative estimate of drug-likeness (QED) is 0.766. The number of halogens is 1. The van der Waals surface area contributed by atoms with E-state index in [1.54, 1.807) is 17.1 Å². The van der Waals surface area contributed by atoms with Gasteiger partial charge >= 0.3 is 0 Å². The largest absolute Gasteiger partial charge is 0.337 e. The van der Waals surface area contributed by atoms with Crippen LogP contribution in [0.4, 0.5) is 0 Å². The fourth-order valence-corrected chi connectivity index (χ4v) is 1.84. The number of carbonyl (C=O) groups excluding carboxylic acids is 1. The van der Waals surface area contributed by atoms with Crippen molar-refractivity contribution in [3.63, 3.8) is 0 Å². The van der Waals surface area contributed by atoms with Crippen LogP contribution in [0.25, 0.3) is 0 Å². The minimum Gasteiger partial charge on any atom is -0.337 e. The van der Waals surface area contributed by atoms with Crippen molar-refractivity contribution in [2.45, 2.75) is 13.3 Å². The molecule has 1 amide bonds. The summed E-state index contributed by atoms with van der Waals surface area (Å²) in [5, 5.41) is 0.802. The molecule has 0 aliphatic rings. The molecule has 0 unspecified atom stereocenters. The SMILES string of the molecule is CCCN(CCBr)C(=O)c1cncn1C. The molecule has 1 aromatic heterocycles. The summed E-state index contributed by atoms with van der Waals surface area (Å²) in [6.07, 6.45) is 4.22. The zero-order valence-electron chi connectivity index (χ0n) is 9.11. The average molecular weight is 274 g/mol. The normalized spacial score (nSPS) is 10.3. The minimum absolute atomic E-state index is 0.0521. The lowest BCUT2D eigenvalue weighted by molar-refractivity contribution is 0.0757. The van der Waals surface area contributed by atoms with Crippen LogP contribution in [-0.2, 0) is 7.05 Å². The van der Waals surface area contributed by atoms with Crippen molar-refractivity contribution in [1.82, 2.24) is 14.5 Å². The van der Waals surface area contributed by atoms with Crippen LogP contribution in [0.5, 0.6) is 0 Å². The van der Waals surface area contributed by atoms with Crippen LogP contribution in [0.2, 0.25) is 0 Å². The Morgan fingerprint density at radius 2 is 2.33 bits per heavy atom. The van der Waals surface area contributed by atoms with E-state index in [0.717, 1.165) is 24.8 Å². The first-order valence-electron chi connectivity index (χ1n) is 5.02. The summed E-state index contributed by atoms with van der Waals surface area (Å²) < 4.78 is 1.75. The van der Waals surface area contributed by atoms with Crippen molar-refractivity contribution in [3.8, 4) is 0 Å². The molecule has 0 radical (unpaired) electrons. The Morgan fingerprint density at radius 1 is 1.60 bits per heavy atom. The van der Waals surface area contributed by atoms with Crippen molar-refractivity contribution < 1.29 is 4.79 Å². The molecule has 0 fully saturated rings. The van der Waals surface area contributed by atoms with E-state index in [0.29, 0.717) is 5.69 Å². The van der Waals surface area contributed by atoms with Crippen molar-refractivity contribution in [2.75, 3.05) is 18.4 Å². The summed E-state index contributed by atoms with van der Waals surface area (Å²) in [4.78, 5) is 17.8. The van der Waals surface area contributed by atoms with Crippen LogP contribution < -0.4 is 0 Å². The van der Waals surface area contributed by atoms with Crippen LogP contribution in [0.1, 0.15) is 23.8 Å². The lowest BCUT2D eigenvalue weighted by atomic mass is 10.3. The second kappa shape index (κ2) is 5.90. The Labute approximate surface area is 98.4 Å². The number of hydrogen-bond donors (Lipinski definition) is 0. The van der Waals surface area contributed by atoms with Crippen LogP contribution in [0, 0.1) is 0 Å². The van der Waals surface area contributed by atoms with Gasteiger partial charge in [-0.05, 0) is 6.42 Å². The van der Waals surface area contributed by atoms with Crippen molar-refractivity contribution in [3.05, 3.63) is 18.2 Å². The molecule has 0 aromatic carbocycles. The van der Waals surface area contributed by atoms with E-state index in [9.17, 15) is 4.79 Å². The lowest BCUT2D eigenvalue weighted by Crippen LogP contribution is -2.34. The van der Waals surface area contributed by atoms with E-state index in [1.807, 2.05) is 11.9 Å². The predicted octanol–water partition coefficient (Wildman–Crippen LogP) is 1.67. The van der Waals surface area contributed by atoms with Gasteiger partial charge in [0.05, 0.1) is 12.5 Å². The number of aryl methyl sites for hydroxylation is 1. The van der Waals surface area contributed by atoms with Gasteiger partial charge in [0, 0.05) is 25.5 Å². The molecule has 0 atom stereocenters. The van der Waals surface area contributed by atoms with Gasteiger partial charge in [0.15, 0.2) is 0 Å². The van der Waals surface area contributed by atoms with Gasteiger partial charge in [-0.25, -0.2) is 4.98 Å². The van der Waals surface area contributed by atoms with Crippen LogP contribution in [-0.4, -0.2) is 38.8 Å². The smallest absolute Gasteiger partial charge is 0.272 e. The first-order chi connectivity index (χ1) is 7.20. The molecule has 15 heavy (non-hydrogen) atoms. The molecule has 0 aliphatic heterocycles. The summed E-state index contributed by atoms with van der Waals surface area (Å²) in [6.45, 7) is 3.59. The molecular formula is C10H16BrN3O. The zero-order chi connectivity index (χ0) is 11.3. The number of rotatable bonds is 5. The van der Waals surface area contributed by atoms with Crippen LogP contribution in [0.15, 0.2) is 12.5 Å². The number of alkyl halides is 1. The maximum absolute atomic E-state index is 12.1. The van der Waals surface area contributed by atoms with E-state index < -0.39 is 0 Å². The number of nitrogens with zero attached hydrogens (tertiary/aromatic N) is 3. The highest BCUT2D eigenvalue weighted by Gasteiger charge is 2.16. The number of carbonyl (C=O) groups is 1. The Bertz CT molecular complexity index is 318. The van der Waals surface area contributed by atoms with Gasteiger partial charge < -0.3 is 9.47 Å². The van der Waals surface area contributed by atoms with Gasteiger partial charge in [-0.3, -0.25) is 4.79 Å². The van der Waals surface area contributed by atoms with E-state index in [4.69, 9.17) is 0 Å². The van der Waals surface area contributed by atoms with Gasteiger partial charge in [-0.2, -0.15) is 0 Å². The Balaban J connectivity index is 2.76. The van der Waals surface area contributed by atoms with Gasteiger partial charge in [0.25, 0.3) is 5.91 Å². The predicted molar refractivity (Wildman–Crippen MR) is 63.2 cm³/mol. The molecule has 0 bridgehead atoms. The molecule has 0 N–H and O–H groups in total. The summed E-state index contributed by atoms with van der Waals surface area (Å²) in [6, 6.07) is 0. The third-order valence-electron chi connectivity index (χ3n) is 2.17. The molecule has 1 heterocycles. The topological polar surface area (TPSA) is 38.1 Å². The zero-order valence-corrected chi connectivity index (χ0v) is 10.7. The van der Waals surface area contributed by atoms with Gasteiger partial charge in [-0.15, -0.1) is 0 Å². The summed E-state index contributed by atoms with van der Waals surface area (Å²) in [7, 11) is 1.83. The van der Waals surface area contributed by atoms with Crippen molar-refractivity contribution >= 4 is 21.8 Å². The van der Waals surface area contributed by atoms with Gasteiger partial charge in [0.1, 0.15) is 5.69 Å². The Hall–Kier alpha value is -0.840. The first kappa shape index (κ1) is 12.2. The fraction of sp³-hybridized carbons (Fsp3) is 0.600. The number of hydrogen-bond acceptors (Lipinski definition) is 2. The molecule has 5 heteroatoms. The van der Waals surface area contributed by atoms with Crippen molar-refractivity contribution in [1.29, 1.82) is 0 Å². The standard InChI is InChI=1S/C10H16BrN3O/c1-3-5-14(6-4-11)10(15)9-7-12-8-13(9)2/h7-8H,3-6H2,1-2H3. The monoisotopic (exact) mass is 273 g/mol. The summed E-state index contributed by atoms with van der Waals surface area (Å²) in [5.74, 6) is 0.0521. The molecule has 4 nitrogen and oxygen atoms in total. The molecule has 0 aliphatic carbocycles. The Kier molecular flexibility index (Phi) is 4.81. The van der Waals surface area contributed by atoms with Crippen molar-refractivity contribution in [2.24, 2.45) is 7.05 Å². The average Bonchev–Trinajstić information content (AvgIpc) is 2.63. The number of aromatic nitrogens is 2. The minimum atomic E-state index is 0.0521. The maximum Gasteiger partial charge on any atom is 0.272 e.